The first-order valence-corrected chi connectivity index (χ1v) is 10.3. The summed E-state index contributed by atoms with van der Waals surface area (Å²) in [5, 5.41) is 3.01. The van der Waals surface area contributed by atoms with E-state index in [0.29, 0.717) is 6.42 Å². The summed E-state index contributed by atoms with van der Waals surface area (Å²) in [5.74, 6) is 1.22. The molecular weight excluding hydrogens is 338 g/mol. The number of hydrogen-bond donors (Lipinski definition) is 1. The van der Waals surface area contributed by atoms with Crippen LogP contribution in [0.3, 0.4) is 0 Å². The third-order valence-electron chi connectivity index (χ3n) is 5.28. The van der Waals surface area contributed by atoms with Crippen molar-refractivity contribution in [1.29, 1.82) is 0 Å². The van der Waals surface area contributed by atoms with Gasteiger partial charge in [-0.25, -0.2) is 4.98 Å². The van der Waals surface area contributed by atoms with Gasteiger partial charge in [-0.15, -0.1) is 0 Å². The Labute approximate surface area is 162 Å². The summed E-state index contributed by atoms with van der Waals surface area (Å²) in [6, 6.07) is 6.11. The zero-order valence-corrected chi connectivity index (χ0v) is 17.0. The first-order chi connectivity index (χ1) is 13.1. The smallest absolute Gasteiger partial charge is 0.224 e. The molecule has 0 bridgehead atoms. The van der Waals surface area contributed by atoms with Gasteiger partial charge >= 0.3 is 0 Å². The Hall–Kier alpha value is -1.92. The molecule has 0 radical (unpaired) electrons. The third-order valence-corrected chi connectivity index (χ3v) is 5.28. The second kappa shape index (κ2) is 9.33. The molecule has 2 heterocycles. The van der Waals surface area contributed by atoms with Gasteiger partial charge in [-0.2, -0.15) is 0 Å². The van der Waals surface area contributed by atoms with E-state index in [0.717, 1.165) is 81.1 Å². The minimum Gasteiger partial charge on any atom is -0.327 e. The highest BCUT2D eigenvalue weighted by Gasteiger charge is 2.18. The van der Waals surface area contributed by atoms with Crippen molar-refractivity contribution in [2.45, 2.75) is 52.6 Å². The number of carbonyl (C=O) groups excluding carboxylic acids is 1. The van der Waals surface area contributed by atoms with Crippen molar-refractivity contribution in [2.75, 3.05) is 38.5 Å². The van der Waals surface area contributed by atoms with Crippen LogP contribution in [0.4, 0.5) is 5.69 Å². The predicted octanol–water partition coefficient (Wildman–Crippen LogP) is 3.32. The SMILES string of the molecule is CCCCC(=O)Nc1ccc2c(c1)nc(CN1CCN(C)CC1)n2CCC. The highest BCUT2D eigenvalue weighted by Crippen LogP contribution is 2.22. The number of amides is 1. The fourth-order valence-electron chi connectivity index (χ4n) is 3.62. The van der Waals surface area contributed by atoms with Gasteiger partial charge in [-0.05, 0) is 38.1 Å². The zero-order valence-electron chi connectivity index (χ0n) is 17.0. The van der Waals surface area contributed by atoms with Crippen molar-refractivity contribution in [2.24, 2.45) is 0 Å². The van der Waals surface area contributed by atoms with Crippen molar-refractivity contribution in [3.63, 3.8) is 0 Å². The van der Waals surface area contributed by atoms with Crippen molar-refractivity contribution in [3.8, 4) is 0 Å². The van der Waals surface area contributed by atoms with E-state index in [1.54, 1.807) is 0 Å². The average Bonchev–Trinajstić information content (AvgIpc) is 2.99. The van der Waals surface area contributed by atoms with Crippen LogP contribution in [-0.4, -0.2) is 58.5 Å². The average molecular weight is 372 g/mol. The largest absolute Gasteiger partial charge is 0.327 e. The van der Waals surface area contributed by atoms with E-state index in [-0.39, 0.29) is 5.91 Å². The number of unbranched alkanes of at least 4 members (excludes halogenated alkanes) is 1. The van der Waals surface area contributed by atoms with Gasteiger partial charge in [-0.1, -0.05) is 20.3 Å². The van der Waals surface area contributed by atoms with Gasteiger partial charge in [0.05, 0.1) is 17.6 Å². The van der Waals surface area contributed by atoms with Crippen LogP contribution in [0.5, 0.6) is 0 Å². The highest BCUT2D eigenvalue weighted by atomic mass is 16.1. The summed E-state index contributed by atoms with van der Waals surface area (Å²) in [6.07, 6.45) is 3.61. The maximum atomic E-state index is 12.0. The van der Waals surface area contributed by atoms with Crippen LogP contribution >= 0.6 is 0 Å². The molecule has 1 aromatic heterocycles. The maximum absolute atomic E-state index is 12.0. The van der Waals surface area contributed by atoms with E-state index in [1.165, 1.54) is 0 Å². The number of nitrogens with zero attached hydrogens (tertiary/aromatic N) is 4. The summed E-state index contributed by atoms with van der Waals surface area (Å²) in [7, 11) is 2.18. The van der Waals surface area contributed by atoms with Crippen molar-refractivity contribution >= 4 is 22.6 Å². The van der Waals surface area contributed by atoms with E-state index in [4.69, 9.17) is 4.98 Å². The number of likely N-dealkylation sites (N-methyl/N-ethyl adjacent to an activating group) is 1. The standard InChI is InChI=1S/C21H33N5O/c1-4-6-7-21(27)22-17-8-9-19-18(15-17)23-20(26(19)10-5-2)16-25-13-11-24(3)12-14-25/h8-9,15H,4-7,10-14,16H2,1-3H3,(H,22,27). The number of nitrogens with one attached hydrogen (secondary N) is 1. The number of fused-ring (bicyclic) bond motifs is 1. The summed E-state index contributed by atoms with van der Waals surface area (Å²) in [4.78, 5) is 21.8. The quantitative estimate of drug-likeness (QED) is 0.773. The van der Waals surface area contributed by atoms with E-state index in [1.807, 2.05) is 12.1 Å². The van der Waals surface area contributed by atoms with Crippen LogP contribution in [-0.2, 0) is 17.9 Å². The van der Waals surface area contributed by atoms with E-state index in [2.05, 4.69) is 46.6 Å². The number of rotatable bonds is 8. The number of aromatic nitrogens is 2. The Bertz CT molecular complexity index is 761. The molecule has 0 spiro atoms. The number of piperazine rings is 1. The number of benzene rings is 1. The normalized spacial score (nSPS) is 16.1. The molecule has 0 aliphatic carbocycles. The molecule has 1 fully saturated rings. The van der Waals surface area contributed by atoms with Crippen LogP contribution in [0.2, 0.25) is 0 Å². The van der Waals surface area contributed by atoms with Gasteiger partial charge in [0.2, 0.25) is 5.91 Å². The molecule has 1 aliphatic heterocycles. The lowest BCUT2D eigenvalue weighted by Crippen LogP contribution is -2.44. The minimum absolute atomic E-state index is 0.0850. The molecule has 0 atom stereocenters. The Balaban J connectivity index is 1.78. The molecule has 1 N–H and O–H groups in total. The Morgan fingerprint density at radius 3 is 2.63 bits per heavy atom. The molecule has 0 saturated carbocycles. The monoisotopic (exact) mass is 371 g/mol. The molecule has 1 aromatic carbocycles. The van der Waals surface area contributed by atoms with Crippen LogP contribution in [0.15, 0.2) is 18.2 Å². The van der Waals surface area contributed by atoms with Gasteiger partial charge < -0.3 is 14.8 Å². The first kappa shape index (κ1) is 19.8. The number of anilines is 1. The fourth-order valence-corrected chi connectivity index (χ4v) is 3.62. The summed E-state index contributed by atoms with van der Waals surface area (Å²) in [5.41, 5.74) is 2.98. The molecule has 1 aliphatic rings. The highest BCUT2D eigenvalue weighted by molar-refractivity contribution is 5.93. The fraction of sp³-hybridized carbons (Fsp3) is 0.619. The van der Waals surface area contributed by atoms with Crippen LogP contribution < -0.4 is 5.32 Å². The predicted molar refractivity (Wildman–Crippen MR) is 111 cm³/mol. The molecule has 148 valence electrons. The lowest BCUT2D eigenvalue weighted by molar-refractivity contribution is -0.116. The zero-order chi connectivity index (χ0) is 19.2. The summed E-state index contributed by atoms with van der Waals surface area (Å²) in [6.45, 7) is 10.6. The third kappa shape index (κ3) is 5.08. The second-order valence-electron chi connectivity index (χ2n) is 7.61. The van der Waals surface area contributed by atoms with E-state index in [9.17, 15) is 4.79 Å². The second-order valence-corrected chi connectivity index (χ2v) is 7.61. The molecule has 2 aromatic rings. The van der Waals surface area contributed by atoms with Crippen molar-refractivity contribution in [1.82, 2.24) is 19.4 Å². The number of carbonyl (C=O) groups is 1. The Morgan fingerprint density at radius 1 is 1.15 bits per heavy atom. The topological polar surface area (TPSA) is 53.4 Å². The summed E-state index contributed by atoms with van der Waals surface area (Å²) >= 11 is 0. The van der Waals surface area contributed by atoms with Crippen LogP contribution in [0, 0.1) is 0 Å². The Kier molecular flexibility index (Phi) is 6.85. The number of imidazole rings is 1. The van der Waals surface area contributed by atoms with Gasteiger partial charge in [-0.3, -0.25) is 9.69 Å². The van der Waals surface area contributed by atoms with Crippen molar-refractivity contribution in [3.05, 3.63) is 24.0 Å². The van der Waals surface area contributed by atoms with Crippen LogP contribution in [0.1, 0.15) is 45.4 Å². The van der Waals surface area contributed by atoms with Crippen LogP contribution in [0.25, 0.3) is 11.0 Å². The molecule has 6 nitrogen and oxygen atoms in total. The summed E-state index contributed by atoms with van der Waals surface area (Å²) < 4.78 is 2.34. The molecule has 1 amide bonds. The molecule has 1 saturated heterocycles. The Morgan fingerprint density at radius 2 is 1.93 bits per heavy atom. The molecule has 27 heavy (non-hydrogen) atoms. The molecule has 3 rings (SSSR count). The van der Waals surface area contributed by atoms with Gasteiger partial charge in [0.15, 0.2) is 0 Å². The van der Waals surface area contributed by atoms with Gasteiger partial charge in [0, 0.05) is 44.8 Å². The van der Waals surface area contributed by atoms with E-state index < -0.39 is 0 Å². The lowest BCUT2D eigenvalue weighted by Gasteiger charge is -2.32. The minimum atomic E-state index is 0.0850. The van der Waals surface area contributed by atoms with Crippen molar-refractivity contribution < 1.29 is 4.79 Å². The number of aryl methyl sites for hydroxylation is 1. The van der Waals surface area contributed by atoms with Gasteiger partial charge in [0.1, 0.15) is 5.82 Å². The number of hydrogen-bond acceptors (Lipinski definition) is 4. The maximum Gasteiger partial charge on any atom is 0.224 e. The lowest BCUT2D eigenvalue weighted by atomic mass is 10.2. The molecule has 0 unspecified atom stereocenters. The first-order valence-electron chi connectivity index (χ1n) is 10.3. The molecular formula is C21H33N5O. The molecule has 6 heteroatoms. The van der Waals surface area contributed by atoms with E-state index >= 15 is 0 Å². The van der Waals surface area contributed by atoms with Gasteiger partial charge in [0.25, 0.3) is 0 Å².